The van der Waals surface area contributed by atoms with Gasteiger partial charge in [-0.25, -0.2) is 4.79 Å². The van der Waals surface area contributed by atoms with Crippen LogP contribution in [0.2, 0.25) is 0 Å². The third kappa shape index (κ3) is 5.00. The highest BCUT2D eigenvalue weighted by molar-refractivity contribution is 7.18. The molecule has 0 fully saturated rings. The number of nitrogens with one attached hydrogen (secondary N) is 1. The molecule has 0 saturated heterocycles. The zero-order valence-electron chi connectivity index (χ0n) is 17.8. The summed E-state index contributed by atoms with van der Waals surface area (Å²) in [7, 11) is 3.25. The number of carbonyl (C=O) groups is 3. The summed E-state index contributed by atoms with van der Waals surface area (Å²) in [5, 5.41) is 11.3. The summed E-state index contributed by atoms with van der Waals surface area (Å²) < 4.78 is 8.50. The minimum Gasteiger partial charge on any atom is -0.462 e. The first-order valence-corrected chi connectivity index (χ1v) is 10.5. The maximum absolute atomic E-state index is 12.8. The van der Waals surface area contributed by atoms with Crippen LogP contribution in [0.1, 0.15) is 49.4 Å². The van der Waals surface area contributed by atoms with Crippen molar-refractivity contribution in [2.24, 2.45) is 0 Å². The molecule has 3 rings (SSSR count). The molecule has 0 spiro atoms. The van der Waals surface area contributed by atoms with Crippen molar-refractivity contribution in [1.29, 1.82) is 0 Å². The molecule has 0 bridgehead atoms. The number of thiophene rings is 1. The Balaban J connectivity index is 1.86. The van der Waals surface area contributed by atoms with E-state index in [2.05, 4.69) is 15.5 Å². The Kier molecular flexibility index (Phi) is 6.85. The van der Waals surface area contributed by atoms with Crippen molar-refractivity contribution in [2.75, 3.05) is 26.0 Å². The fourth-order valence-corrected chi connectivity index (χ4v) is 3.99. The van der Waals surface area contributed by atoms with Gasteiger partial charge in [-0.15, -0.1) is 11.3 Å². The molecular formula is C20H24N6O4S. The van der Waals surface area contributed by atoms with Gasteiger partial charge in [0.25, 0.3) is 11.8 Å². The Morgan fingerprint density at radius 2 is 2.00 bits per heavy atom. The molecule has 0 aliphatic rings. The van der Waals surface area contributed by atoms with Gasteiger partial charge in [0, 0.05) is 32.7 Å². The van der Waals surface area contributed by atoms with Gasteiger partial charge in [-0.05, 0) is 31.0 Å². The minimum absolute atomic E-state index is 0.173. The van der Waals surface area contributed by atoms with Crippen molar-refractivity contribution < 1.29 is 19.1 Å². The predicted molar refractivity (Wildman–Crippen MR) is 115 cm³/mol. The van der Waals surface area contributed by atoms with Crippen molar-refractivity contribution in [1.82, 2.24) is 24.5 Å². The van der Waals surface area contributed by atoms with Crippen molar-refractivity contribution in [3.05, 3.63) is 52.4 Å². The molecule has 3 aromatic heterocycles. The van der Waals surface area contributed by atoms with Crippen molar-refractivity contribution in [2.45, 2.75) is 26.9 Å². The van der Waals surface area contributed by atoms with Crippen molar-refractivity contribution >= 4 is 34.1 Å². The molecule has 0 atom stereocenters. The maximum atomic E-state index is 12.8. The van der Waals surface area contributed by atoms with Crippen LogP contribution in [0.4, 0.5) is 5.00 Å². The van der Waals surface area contributed by atoms with Gasteiger partial charge in [-0.1, -0.05) is 6.92 Å². The Labute approximate surface area is 183 Å². The van der Waals surface area contributed by atoms with E-state index < -0.39 is 11.9 Å². The van der Waals surface area contributed by atoms with Crippen LogP contribution in [-0.2, 0) is 11.4 Å². The molecule has 0 saturated carbocycles. The third-order valence-corrected chi connectivity index (χ3v) is 5.53. The van der Waals surface area contributed by atoms with E-state index in [9.17, 15) is 14.4 Å². The van der Waals surface area contributed by atoms with E-state index in [0.29, 0.717) is 23.5 Å². The summed E-state index contributed by atoms with van der Waals surface area (Å²) in [6, 6.07) is 3.36. The van der Waals surface area contributed by atoms with Crippen LogP contribution in [0.25, 0.3) is 0 Å². The van der Waals surface area contributed by atoms with Gasteiger partial charge in [0.1, 0.15) is 11.7 Å². The first-order valence-electron chi connectivity index (χ1n) is 9.66. The van der Waals surface area contributed by atoms with Crippen LogP contribution >= 0.6 is 11.3 Å². The number of hydrogen-bond acceptors (Lipinski definition) is 7. The van der Waals surface area contributed by atoms with Crippen LogP contribution < -0.4 is 5.32 Å². The van der Waals surface area contributed by atoms with Gasteiger partial charge >= 0.3 is 5.97 Å². The summed E-state index contributed by atoms with van der Waals surface area (Å²) in [4.78, 5) is 39.7. The van der Waals surface area contributed by atoms with Crippen molar-refractivity contribution in [3.63, 3.8) is 0 Å². The topological polar surface area (TPSA) is 111 Å². The average Bonchev–Trinajstić information content (AvgIpc) is 3.47. The Morgan fingerprint density at radius 1 is 1.23 bits per heavy atom. The van der Waals surface area contributed by atoms with Gasteiger partial charge < -0.3 is 15.0 Å². The number of ether oxygens (including phenoxy) is 1. The molecule has 0 unspecified atom stereocenters. The lowest BCUT2D eigenvalue weighted by Crippen LogP contribution is -2.21. The normalized spacial score (nSPS) is 10.7. The molecule has 11 heteroatoms. The molecule has 0 aromatic carbocycles. The lowest BCUT2D eigenvalue weighted by Gasteiger charge is -2.09. The van der Waals surface area contributed by atoms with E-state index in [1.165, 1.54) is 4.90 Å². The van der Waals surface area contributed by atoms with Crippen LogP contribution in [0, 0.1) is 6.92 Å². The smallest absolute Gasteiger partial charge is 0.341 e. The van der Waals surface area contributed by atoms with Gasteiger partial charge in [-0.2, -0.15) is 10.2 Å². The highest BCUT2D eigenvalue weighted by atomic mass is 32.1. The lowest BCUT2D eigenvalue weighted by molar-refractivity contribution is 0.0506. The Morgan fingerprint density at radius 3 is 2.65 bits per heavy atom. The molecular weight excluding hydrogens is 420 g/mol. The number of hydrogen-bond donors (Lipinski definition) is 1. The fraction of sp³-hybridized carbons (Fsp3) is 0.350. The number of anilines is 1. The van der Waals surface area contributed by atoms with Crippen LogP contribution in [0.3, 0.4) is 0 Å². The molecule has 0 aliphatic heterocycles. The van der Waals surface area contributed by atoms with E-state index in [-0.39, 0.29) is 28.8 Å². The van der Waals surface area contributed by atoms with E-state index in [1.54, 1.807) is 61.1 Å². The highest BCUT2D eigenvalue weighted by Crippen LogP contribution is 2.34. The molecule has 31 heavy (non-hydrogen) atoms. The molecule has 0 aliphatic carbocycles. The van der Waals surface area contributed by atoms with E-state index in [4.69, 9.17) is 4.74 Å². The quantitative estimate of drug-likeness (QED) is 0.534. The Bertz CT molecular complexity index is 1080. The number of rotatable bonds is 8. The second-order valence-corrected chi connectivity index (χ2v) is 8.00. The van der Waals surface area contributed by atoms with Crippen LogP contribution in [0.5, 0.6) is 0 Å². The zero-order chi connectivity index (χ0) is 22.5. The number of carbonyl (C=O) groups excluding carboxylic acids is 3. The molecule has 3 heterocycles. The second kappa shape index (κ2) is 9.56. The van der Waals surface area contributed by atoms with Crippen molar-refractivity contribution in [3.8, 4) is 0 Å². The second-order valence-electron chi connectivity index (χ2n) is 6.98. The largest absolute Gasteiger partial charge is 0.462 e. The minimum atomic E-state index is -0.576. The third-order valence-electron chi connectivity index (χ3n) is 4.34. The number of aromatic nitrogens is 4. The summed E-state index contributed by atoms with van der Waals surface area (Å²) >= 11 is 1.05. The number of nitrogens with zero attached hydrogens (tertiary/aromatic N) is 5. The lowest BCUT2D eigenvalue weighted by atomic mass is 10.1. The highest BCUT2D eigenvalue weighted by Gasteiger charge is 2.28. The summed E-state index contributed by atoms with van der Waals surface area (Å²) in [6.07, 6.45) is 5.76. The molecule has 10 nitrogen and oxygen atoms in total. The van der Waals surface area contributed by atoms with Crippen LogP contribution in [0.15, 0.2) is 30.7 Å². The zero-order valence-corrected chi connectivity index (χ0v) is 18.6. The van der Waals surface area contributed by atoms with E-state index in [0.717, 1.165) is 11.3 Å². The number of esters is 1. The van der Waals surface area contributed by atoms with Gasteiger partial charge in [0.15, 0.2) is 5.69 Å². The standard InChI is InChI=1S/C20H24N6O4S/c1-5-11-30-20(29)15-13(2)16(19(28)24(3)4)31-18(15)22-17(27)14-7-10-26(23-14)12-25-9-6-8-21-25/h6-10H,5,11-12H2,1-4H3,(H,22,27). The van der Waals surface area contributed by atoms with Crippen LogP contribution in [-0.4, -0.2) is 62.9 Å². The molecule has 0 radical (unpaired) electrons. The first kappa shape index (κ1) is 22.2. The van der Waals surface area contributed by atoms with Gasteiger partial charge in [0.2, 0.25) is 0 Å². The number of amides is 2. The van der Waals surface area contributed by atoms with E-state index in [1.807, 2.05) is 6.92 Å². The summed E-state index contributed by atoms with van der Waals surface area (Å²) in [5.74, 6) is -1.32. The Hall–Kier alpha value is -3.47. The summed E-state index contributed by atoms with van der Waals surface area (Å²) in [6.45, 7) is 4.16. The molecule has 164 valence electrons. The SMILES string of the molecule is CCCOC(=O)c1c(NC(=O)c2ccn(Cn3cccn3)n2)sc(C(=O)N(C)C)c1C. The first-order chi connectivity index (χ1) is 14.8. The van der Waals surface area contributed by atoms with Gasteiger partial charge in [-0.3, -0.25) is 19.0 Å². The fourth-order valence-electron chi connectivity index (χ4n) is 2.78. The monoisotopic (exact) mass is 444 g/mol. The molecule has 3 aromatic rings. The predicted octanol–water partition coefficient (Wildman–Crippen LogP) is 2.48. The summed E-state index contributed by atoms with van der Waals surface area (Å²) in [5.41, 5.74) is 0.837. The maximum Gasteiger partial charge on any atom is 0.341 e. The molecule has 2 amide bonds. The average molecular weight is 445 g/mol. The molecule has 1 N–H and O–H groups in total. The van der Waals surface area contributed by atoms with Gasteiger partial charge in [0.05, 0.1) is 17.0 Å². The van der Waals surface area contributed by atoms with E-state index >= 15 is 0 Å².